The van der Waals surface area contributed by atoms with E-state index >= 15 is 0 Å². The molecule has 1 aromatic carbocycles. The van der Waals surface area contributed by atoms with Crippen LogP contribution in [0.4, 0.5) is 0 Å². The van der Waals surface area contributed by atoms with Gasteiger partial charge in [0, 0.05) is 26.0 Å². The molecule has 0 aromatic heterocycles. The van der Waals surface area contributed by atoms with E-state index in [-0.39, 0.29) is 0 Å². The van der Waals surface area contributed by atoms with Crippen LogP contribution in [0.15, 0.2) is 24.3 Å². The van der Waals surface area contributed by atoms with Crippen LogP contribution in [0.5, 0.6) is 0 Å². The normalized spacial score (nSPS) is 10.5. The van der Waals surface area contributed by atoms with Crippen molar-refractivity contribution in [3.63, 3.8) is 0 Å². The van der Waals surface area contributed by atoms with Gasteiger partial charge < -0.3 is 10.1 Å². The van der Waals surface area contributed by atoms with Crippen LogP contribution in [0.1, 0.15) is 11.1 Å². The van der Waals surface area contributed by atoms with Gasteiger partial charge in [0.2, 0.25) is 0 Å². The Balaban J connectivity index is 2.36. The zero-order chi connectivity index (χ0) is 10.9. The first-order chi connectivity index (χ1) is 7.36. The van der Waals surface area contributed by atoms with E-state index in [4.69, 9.17) is 4.74 Å². The summed E-state index contributed by atoms with van der Waals surface area (Å²) >= 11 is 1.87. The molecule has 0 amide bonds. The molecule has 1 N–H and O–H groups in total. The molecule has 0 heterocycles. The third-order valence-corrected chi connectivity index (χ3v) is 2.73. The van der Waals surface area contributed by atoms with Crippen molar-refractivity contribution in [3.05, 3.63) is 35.4 Å². The van der Waals surface area contributed by atoms with Gasteiger partial charge in [-0.15, -0.1) is 0 Å². The van der Waals surface area contributed by atoms with Gasteiger partial charge in [-0.3, -0.25) is 0 Å². The quantitative estimate of drug-likeness (QED) is 0.719. The SMILES string of the molecule is COCc1cccc(CNCCSC)c1. The summed E-state index contributed by atoms with van der Waals surface area (Å²) in [6.45, 7) is 2.70. The zero-order valence-electron chi connectivity index (χ0n) is 9.45. The van der Waals surface area contributed by atoms with Gasteiger partial charge in [0.05, 0.1) is 6.61 Å². The largest absolute Gasteiger partial charge is 0.380 e. The van der Waals surface area contributed by atoms with Gasteiger partial charge in [-0.25, -0.2) is 0 Å². The van der Waals surface area contributed by atoms with Crippen molar-refractivity contribution in [2.24, 2.45) is 0 Å². The van der Waals surface area contributed by atoms with Crippen molar-refractivity contribution in [1.29, 1.82) is 0 Å². The van der Waals surface area contributed by atoms with Crippen LogP contribution in [0.2, 0.25) is 0 Å². The topological polar surface area (TPSA) is 21.3 Å². The summed E-state index contributed by atoms with van der Waals surface area (Å²) in [6, 6.07) is 8.51. The first-order valence-corrected chi connectivity index (χ1v) is 6.52. The summed E-state index contributed by atoms with van der Waals surface area (Å²) in [5.74, 6) is 1.16. The van der Waals surface area contributed by atoms with E-state index < -0.39 is 0 Å². The van der Waals surface area contributed by atoms with E-state index in [0.717, 1.165) is 18.8 Å². The Bertz CT molecular complexity index is 278. The van der Waals surface area contributed by atoms with Crippen LogP contribution in [-0.4, -0.2) is 25.7 Å². The Morgan fingerprint density at radius 3 is 2.87 bits per heavy atom. The van der Waals surface area contributed by atoms with Crippen LogP contribution < -0.4 is 5.32 Å². The zero-order valence-corrected chi connectivity index (χ0v) is 10.3. The number of hydrogen-bond donors (Lipinski definition) is 1. The molecule has 15 heavy (non-hydrogen) atoms. The van der Waals surface area contributed by atoms with Gasteiger partial charge in [0.1, 0.15) is 0 Å². The van der Waals surface area contributed by atoms with Crippen molar-refractivity contribution in [1.82, 2.24) is 5.32 Å². The summed E-state index contributed by atoms with van der Waals surface area (Å²) in [5.41, 5.74) is 2.56. The minimum atomic E-state index is 0.693. The number of methoxy groups -OCH3 is 1. The number of nitrogens with one attached hydrogen (secondary N) is 1. The Morgan fingerprint density at radius 2 is 2.13 bits per heavy atom. The monoisotopic (exact) mass is 225 g/mol. The predicted octanol–water partition coefficient (Wildman–Crippen LogP) is 2.29. The molecule has 0 spiro atoms. The van der Waals surface area contributed by atoms with Gasteiger partial charge in [0.15, 0.2) is 0 Å². The maximum atomic E-state index is 5.10. The van der Waals surface area contributed by atoms with Gasteiger partial charge in [0.25, 0.3) is 0 Å². The predicted molar refractivity (Wildman–Crippen MR) is 67.2 cm³/mol. The molecule has 0 unspecified atom stereocenters. The fourth-order valence-corrected chi connectivity index (χ4v) is 1.75. The molecule has 1 aromatic rings. The molecule has 0 saturated carbocycles. The highest BCUT2D eigenvalue weighted by atomic mass is 32.2. The summed E-state index contributed by atoms with van der Waals surface area (Å²) in [6.07, 6.45) is 2.13. The van der Waals surface area contributed by atoms with Crippen molar-refractivity contribution < 1.29 is 4.74 Å². The number of hydrogen-bond acceptors (Lipinski definition) is 3. The fourth-order valence-electron chi connectivity index (χ4n) is 1.40. The second-order valence-corrected chi connectivity index (χ2v) is 4.41. The van der Waals surface area contributed by atoms with E-state index in [0.29, 0.717) is 6.61 Å². The summed E-state index contributed by atoms with van der Waals surface area (Å²) < 4.78 is 5.10. The molecular weight excluding hydrogens is 206 g/mol. The van der Waals surface area contributed by atoms with E-state index in [2.05, 4.69) is 35.8 Å². The van der Waals surface area contributed by atoms with Crippen LogP contribution in [0, 0.1) is 0 Å². The van der Waals surface area contributed by atoms with Crippen LogP contribution in [0.3, 0.4) is 0 Å². The highest BCUT2D eigenvalue weighted by Gasteiger charge is 1.95. The minimum absolute atomic E-state index is 0.693. The Hall–Kier alpha value is -0.510. The Labute approximate surface area is 96.4 Å². The smallest absolute Gasteiger partial charge is 0.0713 e. The number of benzene rings is 1. The van der Waals surface area contributed by atoms with E-state index in [9.17, 15) is 0 Å². The van der Waals surface area contributed by atoms with Crippen molar-refractivity contribution >= 4 is 11.8 Å². The maximum Gasteiger partial charge on any atom is 0.0713 e. The van der Waals surface area contributed by atoms with Crippen LogP contribution in [0.25, 0.3) is 0 Å². The average molecular weight is 225 g/mol. The molecule has 0 fully saturated rings. The second-order valence-electron chi connectivity index (χ2n) is 3.42. The molecule has 2 nitrogen and oxygen atoms in total. The first kappa shape index (κ1) is 12.6. The number of ether oxygens (including phenoxy) is 1. The highest BCUT2D eigenvalue weighted by molar-refractivity contribution is 7.98. The maximum absolute atomic E-state index is 5.10. The van der Waals surface area contributed by atoms with Gasteiger partial charge in [-0.05, 0) is 17.4 Å². The molecule has 1 rings (SSSR count). The third kappa shape index (κ3) is 5.21. The van der Waals surface area contributed by atoms with Crippen molar-refractivity contribution in [2.45, 2.75) is 13.2 Å². The standard InChI is InChI=1S/C12H19NOS/c1-14-10-12-5-3-4-11(8-12)9-13-6-7-15-2/h3-5,8,13H,6-7,9-10H2,1-2H3. The van der Waals surface area contributed by atoms with Crippen LogP contribution >= 0.6 is 11.8 Å². The lowest BCUT2D eigenvalue weighted by Crippen LogP contribution is -2.16. The summed E-state index contributed by atoms with van der Waals surface area (Å²) in [4.78, 5) is 0. The molecular formula is C12H19NOS. The summed E-state index contributed by atoms with van der Waals surface area (Å²) in [7, 11) is 1.73. The molecule has 3 heteroatoms. The molecule has 0 radical (unpaired) electrons. The van der Waals surface area contributed by atoms with Crippen LogP contribution in [-0.2, 0) is 17.9 Å². The van der Waals surface area contributed by atoms with Gasteiger partial charge in [-0.2, -0.15) is 11.8 Å². The molecule has 0 saturated heterocycles. The molecule has 84 valence electrons. The van der Waals surface area contributed by atoms with Gasteiger partial charge >= 0.3 is 0 Å². The average Bonchev–Trinajstić information content (AvgIpc) is 2.26. The number of thioether (sulfide) groups is 1. The van der Waals surface area contributed by atoms with Crippen molar-refractivity contribution in [2.75, 3.05) is 25.7 Å². The lowest BCUT2D eigenvalue weighted by molar-refractivity contribution is 0.185. The van der Waals surface area contributed by atoms with E-state index in [1.165, 1.54) is 11.1 Å². The number of rotatable bonds is 7. The van der Waals surface area contributed by atoms with E-state index in [1.807, 2.05) is 11.8 Å². The lowest BCUT2D eigenvalue weighted by Gasteiger charge is -2.06. The molecule has 0 aliphatic rings. The summed E-state index contributed by atoms with van der Waals surface area (Å²) in [5, 5.41) is 3.41. The lowest BCUT2D eigenvalue weighted by atomic mass is 10.1. The molecule has 0 aliphatic heterocycles. The first-order valence-electron chi connectivity index (χ1n) is 5.13. The molecule has 0 bridgehead atoms. The fraction of sp³-hybridized carbons (Fsp3) is 0.500. The van der Waals surface area contributed by atoms with E-state index in [1.54, 1.807) is 7.11 Å². The Kier molecular flexibility index (Phi) is 6.48. The van der Waals surface area contributed by atoms with Crippen molar-refractivity contribution in [3.8, 4) is 0 Å². The highest BCUT2D eigenvalue weighted by Crippen LogP contribution is 2.06. The second kappa shape index (κ2) is 7.74. The van der Waals surface area contributed by atoms with Gasteiger partial charge in [-0.1, -0.05) is 24.3 Å². The third-order valence-electron chi connectivity index (χ3n) is 2.11. The molecule has 0 aliphatic carbocycles. The molecule has 0 atom stereocenters. The minimum Gasteiger partial charge on any atom is -0.380 e. The Morgan fingerprint density at radius 1 is 1.33 bits per heavy atom.